The molecule has 4 atom stereocenters. The summed E-state index contributed by atoms with van der Waals surface area (Å²) in [5, 5.41) is 0. The van der Waals surface area contributed by atoms with Crippen molar-refractivity contribution in [2.24, 2.45) is 5.41 Å². The Morgan fingerprint density at radius 1 is 1.29 bits per heavy atom. The van der Waals surface area contributed by atoms with E-state index >= 15 is 0 Å². The number of amides is 1. The molecular formula is C15H24ClNO4. The van der Waals surface area contributed by atoms with E-state index in [1.54, 1.807) is 27.7 Å². The third-order valence-corrected chi connectivity index (χ3v) is 4.15. The average Bonchev–Trinajstić information content (AvgIpc) is 2.63. The van der Waals surface area contributed by atoms with Gasteiger partial charge < -0.3 is 9.47 Å². The summed E-state index contributed by atoms with van der Waals surface area (Å²) in [7, 11) is 0. The predicted molar refractivity (Wildman–Crippen MR) is 79.2 cm³/mol. The first-order chi connectivity index (χ1) is 9.27. The van der Waals surface area contributed by atoms with Crippen LogP contribution in [0.1, 0.15) is 48.5 Å². The Morgan fingerprint density at radius 2 is 1.81 bits per heavy atom. The molecule has 1 saturated heterocycles. The maximum absolute atomic E-state index is 12.5. The number of ketones is 1. The van der Waals surface area contributed by atoms with Gasteiger partial charge in [-0.05, 0) is 27.7 Å². The minimum atomic E-state index is -1.06. The second-order valence-electron chi connectivity index (χ2n) is 8.05. The molecule has 120 valence electrons. The van der Waals surface area contributed by atoms with Crippen LogP contribution < -0.4 is 0 Å². The highest BCUT2D eigenvalue weighted by atomic mass is 35.5. The van der Waals surface area contributed by atoms with E-state index in [2.05, 4.69) is 0 Å². The van der Waals surface area contributed by atoms with E-state index in [-0.39, 0.29) is 11.2 Å². The van der Waals surface area contributed by atoms with Crippen molar-refractivity contribution in [3.8, 4) is 0 Å². The van der Waals surface area contributed by atoms with Crippen molar-refractivity contribution in [2.45, 2.75) is 77.3 Å². The molecule has 0 unspecified atom stereocenters. The van der Waals surface area contributed by atoms with E-state index in [9.17, 15) is 9.59 Å². The zero-order valence-corrected chi connectivity index (χ0v) is 14.4. The van der Waals surface area contributed by atoms with Gasteiger partial charge in [-0.15, -0.1) is 11.6 Å². The number of rotatable bonds is 0. The van der Waals surface area contributed by atoms with Gasteiger partial charge in [0.2, 0.25) is 0 Å². The molecule has 1 aliphatic heterocycles. The van der Waals surface area contributed by atoms with Gasteiger partial charge in [0.05, 0.1) is 0 Å². The van der Waals surface area contributed by atoms with E-state index in [0.717, 1.165) is 0 Å². The molecule has 21 heavy (non-hydrogen) atoms. The standard InChI is InChI=1S/C15H24ClNO4/c1-13(2,3)11-17(12(19)21-14(4,5)6)8-9(18)15(7,16)10(8)20-11/h8,10-11H,1-7H3/t8-,10-,11+,15-/m0/s1. The summed E-state index contributed by atoms with van der Waals surface area (Å²) in [4.78, 5) is 25.1. The summed E-state index contributed by atoms with van der Waals surface area (Å²) in [6, 6.07) is -0.647. The van der Waals surface area contributed by atoms with Crippen molar-refractivity contribution in [1.82, 2.24) is 4.90 Å². The zero-order valence-electron chi connectivity index (χ0n) is 13.7. The van der Waals surface area contributed by atoms with Gasteiger partial charge in [-0.25, -0.2) is 4.79 Å². The first-order valence-electron chi connectivity index (χ1n) is 7.17. The number of alkyl halides is 1. The molecular weight excluding hydrogens is 294 g/mol. The Balaban J connectivity index is 2.31. The highest BCUT2D eigenvalue weighted by Gasteiger charge is 2.69. The summed E-state index contributed by atoms with van der Waals surface area (Å²) >= 11 is 6.22. The van der Waals surface area contributed by atoms with Gasteiger partial charge in [0.1, 0.15) is 28.8 Å². The number of hydrogen-bond donors (Lipinski definition) is 0. The number of halogens is 1. The number of carbonyl (C=O) groups excluding carboxylic acids is 2. The highest BCUT2D eigenvalue weighted by molar-refractivity contribution is 6.39. The molecule has 2 fully saturated rings. The Labute approximate surface area is 130 Å². The number of ether oxygens (including phenoxy) is 2. The van der Waals surface area contributed by atoms with Gasteiger partial charge in [0.15, 0.2) is 5.78 Å². The molecule has 0 aromatic heterocycles. The summed E-state index contributed by atoms with van der Waals surface area (Å²) in [5.74, 6) is -0.188. The number of nitrogens with zero attached hydrogens (tertiary/aromatic N) is 1. The molecule has 1 heterocycles. The first kappa shape index (κ1) is 16.6. The molecule has 2 rings (SSSR count). The van der Waals surface area contributed by atoms with Crippen molar-refractivity contribution >= 4 is 23.5 Å². The maximum Gasteiger partial charge on any atom is 0.413 e. The van der Waals surface area contributed by atoms with Crippen LogP contribution in [-0.2, 0) is 14.3 Å². The third kappa shape index (κ3) is 2.66. The van der Waals surface area contributed by atoms with Crippen LogP contribution in [0.4, 0.5) is 4.79 Å². The van der Waals surface area contributed by atoms with E-state index in [0.29, 0.717) is 0 Å². The molecule has 0 spiro atoms. The van der Waals surface area contributed by atoms with Gasteiger partial charge in [0, 0.05) is 5.41 Å². The molecule has 0 aromatic rings. The van der Waals surface area contributed by atoms with Crippen LogP contribution in [0.15, 0.2) is 0 Å². The SMILES string of the molecule is CC(C)(C)OC(=O)N1[C@H]2C(=O)[C@](C)(Cl)[C@H]2O[C@@H]1C(C)(C)C. The topological polar surface area (TPSA) is 55.8 Å². The lowest BCUT2D eigenvalue weighted by Gasteiger charge is -2.43. The molecule has 0 bridgehead atoms. The fourth-order valence-corrected chi connectivity index (χ4v) is 3.02. The molecule has 6 heteroatoms. The zero-order chi connectivity index (χ0) is 16.4. The lowest BCUT2D eigenvalue weighted by Crippen LogP contribution is -2.69. The largest absolute Gasteiger partial charge is 0.444 e. The van der Waals surface area contributed by atoms with Crippen molar-refractivity contribution < 1.29 is 19.1 Å². The van der Waals surface area contributed by atoms with Crippen LogP contribution in [0.2, 0.25) is 0 Å². The van der Waals surface area contributed by atoms with Crippen LogP contribution in [0.25, 0.3) is 0 Å². The molecule has 0 N–H and O–H groups in total. The number of carbonyl (C=O) groups is 2. The Bertz CT molecular complexity index is 475. The number of Topliss-reactive ketones (excluding diaryl/α,β-unsaturated/α-hetero) is 1. The molecule has 1 amide bonds. The van der Waals surface area contributed by atoms with Crippen molar-refractivity contribution in [3.05, 3.63) is 0 Å². The minimum absolute atomic E-state index is 0.188. The van der Waals surface area contributed by atoms with Crippen molar-refractivity contribution in [1.29, 1.82) is 0 Å². The lowest BCUT2D eigenvalue weighted by atomic mass is 9.75. The van der Waals surface area contributed by atoms with Gasteiger partial charge in [-0.1, -0.05) is 20.8 Å². The monoisotopic (exact) mass is 317 g/mol. The third-order valence-electron chi connectivity index (χ3n) is 3.74. The fourth-order valence-electron chi connectivity index (χ4n) is 2.74. The molecule has 5 nitrogen and oxygen atoms in total. The number of fused-ring (bicyclic) bond motifs is 1. The summed E-state index contributed by atoms with van der Waals surface area (Å²) in [5.41, 5.74) is -0.976. The predicted octanol–water partition coefficient (Wildman–Crippen LogP) is 2.94. The highest BCUT2D eigenvalue weighted by Crippen LogP contribution is 2.49. The lowest BCUT2D eigenvalue weighted by molar-refractivity contribution is -0.140. The fraction of sp³-hybridized carbons (Fsp3) is 0.867. The number of hydrogen-bond acceptors (Lipinski definition) is 4. The van der Waals surface area contributed by atoms with Crippen LogP contribution in [0.3, 0.4) is 0 Å². The molecule has 0 radical (unpaired) electrons. The van der Waals surface area contributed by atoms with E-state index < -0.39 is 34.9 Å². The van der Waals surface area contributed by atoms with Crippen LogP contribution in [0.5, 0.6) is 0 Å². The smallest absolute Gasteiger partial charge is 0.413 e. The van der Waals surface area contributed by atoms with Gasteiger partial charge in [0.25, 0.3) is 0 Å². The summed E-state index contributed by atoms with van der Waals surface area (Å²) < 4.78 is 11.4. The Hall–Kier alpha value is -0.810. The van der Waals surface area contributed by atoms with Crippen molar-refractivity contribution in [3.63, 3.8) is 0 Å². The van der Waals surface area contributed by atoms with Crippen LogP contribution >= 0.6 is 11.6 Å². The van der Waals surface area contributed by atoms with Gasteiger partial charge >= 0.3 is 6.09 Å². The van der Waals surface area contributed by atoms with E-state index in [1.165, 1.54) is 4.90 Å². The summed E-state index contributed by atoms with van der Waals surface area (Å²) in [6.45, 7) is 12.9. The molecule has 1 saturated carbocycles. The first-order valence-corrected chi connectivity index (χ1v) is 7.54. The maximum atomic E-state index is 12.5. The average molecular weight is 318 g/mol. The minimum Gasteiger partial charge on any atom is -0.444 e. The Morgan fingerprint density at radius 3 is 2.24 bits per heavy atom. The normalized spacial score (nSPS) is 36.3. The van der Waals surface area contributed by atoms with Crippen LogP contribution in [0, 0.1) is 5.41 Å². The molecule has 1 aliphatic carbocycles. The quantitative estimate of drug-likeness (QED) is 0.645. The second-order valence-corrected chi connectivity index (χ2v) is 8.83. The van der Waals surface area contributed by atoms with E-state index in [4.69, 9.17) is 21.1 Å². The summed E-state index contributed by atoms with van der Waals surface area (Å²) in [6.07, 6.45) is -1.55. The molecule has 2 aliphatic rings. The van der Waals surface area contributed by atoms with Crippen LogP contribution in [-0.4, -0.2) is 45.6 Å². The molecule has 0 aromatic carbocycles. The van der Waals surface area contributed by atoms with E-state index in [1.807, 2.05) is 20.8 Å². The van der Waals surface area contributed by atoms with Crippen molar-refractivity contribution in [2.75, 3.05) is 0 Å². The second kappa shape index (κ2) is 4.59. The Kier molecular flexibility index (Phi) is 3.62. The van der Waals surface area contributed by atoms with Gasteiger partial charge in [-0.3, -0.25) is 9.69 Å². The van der Waals surface area contributed by atoms with Gasteiger partial charge in [-0.2, -0.15) is 0 Å².